The zero-order chi connectivity index (χ0) is 42.4. The second-order valence-electron chi connectivity index (χ2n) is 15.2. The number of benzene rings is 2. The van der Waals surface area contributed by atoms with Gasteiger partial charge in [0.25, 0.3) is 0 Å². The molecular formula is C40H55N7O11. The smallest absolute Gasteiger partial charge is 0.407 e. The average Bonchev–Trinajstić information content (AvgIpc) is 4.00. The lowest BCUT2D eigenvalue weighted by molar-refractivity contribution is -0.147. The number of nitrogens with two attached hydrogens (primary N) is 2. The van der Waals surface area contributed by atoms with Crippen LogP contribution in [0, 0.1) is 0 Å². The van der Waals surface area contributed by atoms with Crippen molar-refractivity contribution in [1.29, 1.82) is 0 Å². The molecule has 7 atom stereocenters. The van der Waals surface area contributed by atoms with Gasteiger partial charge in [-0.1, -0.05) is 48.5 Å². The van der Waals surface area contributed by atoms with Crippen LogP contribution in [0.15, 0.2) is 48.5 Å². The predicted octanol–water partition coefficient (Wildman–Crippen LogP) is 0.295. The Labute approximate surface area is 337 Å². The van der Waals surface area contributed by atoms with Gasteiger partial charge in [-0.15, -0.1) is 0 Å². The summed E-state index contributed by atoms with van der Waals surface area (Å²) in [6.45, 7) is 5.21. The molecule has 8 N–H and O–H groups in total. The second-order valence-corrected chi connectivity index (χ2v) is 15.2. The van der Waals surface area contributed by atoms with E-state index in [9.17, 15) is 39.0 Å². The van der Waals surface area contributed by atoms with Gasteiger partial charge in [0, 0.05) is 38.8 Å². The van der Waals surface area contributed by atoms with Crippen LogP contribution in [0.4, 0.5) is 9.59 Å². The van der Waals surface area contributed by atoms with Crippen molar-refractivity contribution in [2.45, 2.75) is 100 Å². The van der Waals surface area contributed by atoms with Crippen LogP contribution in [0.3, 0.4) is 0 Å². The summed E-state index contributed by atoms with van der Waals surface area (Å²) >= 11 is 0. The first-order valence-corrected chi connectivity index (χ1v) is 19.4. The van der Waals surface area contributed by atoms with Gasteiger partial charge in [-0.3, -0.25) is 24.1 Å². The number of methoxy groups -OCH3 is 2. The highest BCUT2D eigenvalue weighted by molar-refractivity contribution is 5.96. The number of aliphatic hydroxyl groups is 2. The number of hydrogen-bond acceptors (Lipinski definition) is 12. The quantitative estimate of drug-likeness (QED) is 0.142. The van der Waals surface area contributed by atoms with Crippen molar-refractivity contribution in [2.75, 3.05) is 40.5 Å². The molecule has 2 aromatic rings. The molecule has 3 aliphatic heterocycles. The molecule has 18 heteroatoms. The molecule has 0 radical (unpaired) electrons. The largest absolute Gasteiger partial charge is 0.453 e. The van der Waals surface area contributed by atoms with Crippen LogP contribution in [0.2, 0.25) is 0 Å². The summed E-state index contributed by atoms with van der Waals surface area (Å²) in [5, 5.41) is 25.5. The summed E-state index contributed by atoms with van der Waals surface area (Å²) in [7, 11) is 2.28. The van der Waals surface area contributed by atoms with E-state index in [1.54, 1.807) is 24.3 Å². The van der Waals surface area contributed by atoms with Gasteiger partial charge < -0.3 is 56.3 Å². The van der Waals surface area contributed by atoms with Crippen molar-refractivity contribution in [3.8, 4) is 0 Å². The van der Waals surface area contributed by atoms with Crippen molar-refractivity contribution in [1.82, 2.24) is 25.3 Å². The van der Waals surface area contributed by atoms with Crippen LogP contribution < -0.4 is 22.1 Å². The fourth-order valence-electron chi connectivity index (χ4n) is 8.48. The van der Waals surface area contributed by atoms with E-state index in [1.807, 2.05) is 24.3 Å². The van der Waals surface area contributed by atoms with Crippen LogP contribution in [0.5, 0.6) is 0 Å². The SMILES string of the molecule is COC(=O)N[C@H](C(=O)N1CCC[C@@]1(C(N)=O)c1ccc(CN(Cc2ccc([C@]3(C(N)=O)CCCN3C(=O)[C@@H](NC(=O)OC)[C@@H](C)O)cc2)[C@@H]2CCOC2)cc1)[C@@H](C)O. The van der Waals surface area contributed by atoms with E-state index in [0.717, 1.165) is 31.8 Å². The molecule has 0 saturated carbocycles. The monoisotopic (exact) mass is 809 g/mol. The van der Waals surface area contributed by atoms with Gasteiger partial charge in [-0.05, 0) is 68.2 Å². The number of ether oxygens (including phenoxy) is 3. The molecule has 0 bridgehead atoms. The molecule has 0 aromatic heterocycles. The Balaban J connectivity index is 1.37. The van der Waals surface area contributed by atoms with E-state index in [2.05, 4.69) is 25.0 Å². The summed E-state index contributed by atoms with van der Waals surface area (Å²) in [6.07, 6.45) is -2.10. The summed E-state index contributed by atoms with van der Waals surface area (Å²) in [6, 6.07) is 12.0. The minimum absolute atomic E-state index is 0.0820. The van der Waals surface area contributed by atoms with Gasteiger partial charge in [0.05, 0.1) is 33.0 Å². The van der Waals surface area contributed by atoms with Crippen LogP contribution in [0.25, 0.3) is 0 Å². The fraction of sp³-hybridized carbons (Fsp3) is 0.550. The Morgan fingerprint density at radius 3 is 1.47 bits per heavy atom. The molecule has 3 saturated heterocycles. The third kappa shape index (κ3) is 8.74. The molecule has 3 heterocycles. The van der Waals surface area contributed by atoms with Crippen molar-refractivity contribution in [3.05, 3.63) is 70.8 Å². The normalized spacial score (nSPS) is 23.8. The number of likely N-dealkylation sites (tertiary alicyclic amines) is 2. The highest BCUT2D eigenvalue weighted by atomic mass is 16.5. The Morgan fingerprint density at radius 1 is 0.759 bits per heavy atom. The molecule has 58 heavy (non-hydrogen) atoms. The number of amides is 6. The van der Waals surface area contributed by atoms with Gasteiger partial charge in [0.2, 0.25) is 23.6 Å². The lowest BCUT2D eigenvalue weighted by atomic mass is 9.85. The summed E-state index contributed by atoms with van der Waals surface area (Å²) in [4.78, 5) is 82.9. The maximum absolute atomic E-state index is 13.8. The predicted molar refractivity (Wildman–Crippen MR) is 207 cm³/mol. The molecule has 0 unspecified atom stereocenters. The van der Waals surface area contributed by atoms with E-state index in [1.165, 1.54) is 23.6 Å². The molecule has 18 nitrogen and oxygen atoms in total. The molecular weight excluding hydrogens is 754 g/mol. The number of nitrogens with one attached hydrogen (secondary N) is 2. The maximum atomic E-state index is 13.8. The van der Waals surface area contributed by atoms with Crippen molar-refractivity contribution in [3.63, 3.8) is 0 Å². The van der Waals surface area contributed by atoms with Crippen LogP contribution >= 0.6 is 0 Å². The zero-order valence-corrected chi connectivity index (χ0v) is 33.3. The van der Waals surface area contributed by atoms with E-state index < -0.39 is 71.2 Å². The van der Waals surface area contributed by atoms with Crippen molar-refractivity contribution < 1.29 is 53.2 Å². The lowest BCUT2D eigenvalue weighted by Crippen LogP contribution is -2.60. The first-order valence-electron chi connectivity index (χ1n) is 19.4. The molecule has 6 amide bonds. The molecule has 5 rings (SSSR count). The van der Waals surface area contributed by atoms with Crippen LogP contribution in [0.1, 0.15) is 68.2 Å². The van der Waals surface area contributed by atoms with Crippen molar-refractivity contribution >= 4 is 35.8 Å². The van der Waals surface area contributed by atoms with Gasteiger partial charge >= 0.3 is 12.2 Å². The number of carbonyl (C=O) groups is 6. The number of hydrogen-bond donors (Lipinski definition) is 6. The van der Waals surface area contributed by atoms with Gasteiger partial charge in [0.15, 0.2) is 0 Å². The van der Waals surface area contributed by atoms with E-state index in [-0.39, 0.29) is 32.0 Å². The molecule has 0 spiro atoms. The zero-order valence-electron chi connectivity index (χ0n) is 33.3. The number of carbonyl (C=O) groups excluding carboxylic acids is 6. The number of nitrogens with zero attached hydrogens (tertiary/aromatic N) is 3. The highest BCUT2D eigenvalue weighted by Gasteiger charge is 2.53. The number of aliphatic hydroxyl groups excluding tert-OH is 2. The minimum atomic E-state index is -1.50. The van der Waals surface area contributed by atoms with Gasteiger partial charge in [-0.25, -0.2) is 9.59 Å². The molecule has 2 aromatic carbocycles. The molecule has 3 fully saturated rings. The molecule has 316 valence electrons. The Bertz CT molecular complexity index is 1700. The van der Waals surface area contributed by atoms with E-state index in [0.29, 0.717) is 50.3 Å². The number of alkyl carbamates (subject to hydrolysis) is 2. The highest BCUT2D eigenvalue weighted by Crippen LogP contribution is 2.41. The molecule has 0 aliphatic carbocycles. The fourth-order valence-corrected chi connectivity index (χ4v) is 8.48. The van der Waals surface area contributed by atoms with Crippen LogP contribution in [-0.2, 0) is 57.6 Å². The second kappa shape index (κ2) is 18.5. The van der Waals surface area contributed by atoms with Crippen LogP contribution in [-0.4, -0.2) is 132 Å². The number of primary amides is 2. The molecule has 3 aliphatic rings. The third-order valence-corrected chi connectivity index (χ3v) is 11.6. The van der Waals surface area contributed by atoms with E-state index >= 15 is 0 Å². The first-order chi connectivity index (χ1) is 27.6. The first kappa shape index (κ1) is 43.8. The summed E-state index contributed by atoms with van der Waals surface area (Å²) < 4.78 is 15.0. The Hall–Kier alpha value is -5.30. The lowest BCUT2D eigenvalue weighted by Gasteiger charge is -2.39. The minimum Gasteiger partial charge on any atom is -0.453 e. The maximum Gasteiger partial charge on any atom is 0.407 e. The Morgan fingerprint density at radius 2 is 1.16 bits per heavy atom. The standard InChI is InChI=1S/C40H55N7O11/c1-24(48)31(43-37(54)56-3)33(50)46-18-5-16-39(46,35(41)52)28-11-7-26(8-12-28)21-45(30-15-20-58-23-30)22-27-9-13-29(14-10-27)40(36(42)53)17-6-19-47(40)34(51)32(25(2)49)44-38(55)57-4/h7-14,24-25,30-32,48-49H,5-6,15-23H2,1-4H3,(H2,41,52)(H2,42,53)(H,43,54)(H,44,55)/t24-,25-,30-,31+,32+,39+,40+/m1/s1. The summed E-state index contributed by atoms with van der Waals surface area (Å²) in [5.74, 6) is -2.78. The van der Waals surface area contributed by atoms with E-state index in [4.69, 9.17) is 16.2 Å². The summed E-state index contributed by atoms with van der Waals surface area (Å²) in [5.41, 5.74) is 11.9. The van der Waals surface area contributed by atoms with Gasteiger partial charge in [-0.2, -0.15) is 0 Å². The van der Waals surface area contributed by atoms with Crippen molar-refractivity contribution in [2.24, 2.45) is 11.5 Å². The third-order valence-electron chi connectivity index (χ3n) is 11.6. The topological polar surface area (TPSA) is 256 Å². The average molecular weight is 810 g/mol. The van der Waals surface area contributed by atoms with Gasteiger partial charge in [0.1, 0.15) is 23.2 Å². The Kier molecular flexibility index (Phi) is 14.0. The number of rotatable bonds is 15.